The van der Waals surface area contributed by atoms with Gasteiger partial charge < -0.3 is 9.30 Å². The molecule has 2 aromatic rings. The van der Waals surface area contributed by atoms with Crippen LogP contribution < -0.4 is 0 Å². The van der Waals surface area contributed by atoms with E-state index in [0.29, 0.717) is 6.04 Å². The van der Waals surface area contributed by atoms with Crippen molar-refractivity contribution in [3.63, 3.8) is 0 Å². The Morgan fingerprint density at radius 2 is 2.13 bits per heavy atom. The number of aromatic nitrogens is 4. The molecule has 1 saturated heterocycles. The van der Waals surface area contributed by atoms with Crippen LogP contribution in [0.1, 0.15) is 37.3 Å². The molecule has 2 aromatic heterocycles. The van der Waals surface area contributed by atoms with Crippen LogP contribution in [0.3, 0.4) is 0 Å². The van der Waals surface area contributed by atoms with Crippen LogP contribution in [-0.4, -0.2) is 50.5 Å². The molecule has 124 valence electrons. The van der Waals surface area contributed by atoms with Gasteiger partial charge >= 0.3 is 0 Å². The summed E-state index contributed by atoms with van der Waals surface area (Å²) >= 11 is 0. The third-order valence-corrected chi connectivity index (χ3v) is 5.22. The molecule has 0 N–H and O–H groups in total. The zero-order valence-corrected chi connectivity index (χ0v) is 13.8. The normalized spacial score (nSPS) is 23.1. The molecular weight excluding hydrogens is 290 g/mol. The monoisotopic (exact) mass is 315 g/mol. The maximum absolute atomic E-state index is 5.48. The summed E-state index contributed by atoms with van der Waals surface area (Å²) in [6.07, 6.45) is 8.24. The molecule has 0 aromatic carbocycles. The molecule has 1 fully saturated rings. The first kappa shape index (κ1) is 14.9. The Kier molecular flexibility index (Phi) is 4.18. The summed E-state index contributed by atoms with van der Waals surface area (Å²) in [6, 6.07) is 2.35. The second kappa shape index (κ2) is 6.45. The van der Waals surface area contributed by atoms with Crippen molar-refractivity contribution in [1.29, 1.82) is 0 Å². The standard InChI is InChI=1S/C17H25N5O/c1-14-17-18-11-16(13-21-6-2-5-19-21)22(17)8-7-20(14)12-15-3-9-23-10-4-15/h2,5-6,11,14-15H,3-4,7-10,12-13H2,1H3/t14-/m0/s1. The minimum atomic E-state index is 0.387. The Morgan fingerprint density at radius 1 is 1.26 bits per heavy atom. The molecule has 23 heavy (non-hydrogen) atoms. The molecule has 0 aliphatic carbocycles. The topological polar surface area (TPSA) is 48.1 Å². The van der Waals surface area contributed by atoms with Gasteiger partial charge in [0.1, 0.15) is 5.82 Å². The van der Waals surface area contributed by atoms with E-state index in [1.807, 2.05) is 29.3 Å². The lowest BCUT2D eigenvalue weighted by Gasteiger charge is -2.37. The molecule has 2 aliphatic heterocycles. The fourth-order valence-corrected chi connectivity index (χ4v) is 3.80. The lowest BCUT2D eigenvalue weighted by Crippen LogP contribution is -2.41. The fourth-order valence-electron chi connectivity index (χ4n) is 3.80. The summed E-state index contributed by atoms with van der Waals surface area (Å²) in [5.74, 6) is 1.97. The van der Waals surface area contributed by atoms with Gasteiger partial charge in [0.15, 0.2) is 0 Å². The van der Waals surface area contributed by atoms with Crippen LogP contribution >= 0.6 is 0 Å². The van der Waals surface area contributed by atoms with Crippen molar-refractivity contribution in [3.8, 4) is 0 Å². The summed E-state index contributed by atoms with van der Waals surface area (Å²) in [6.45, 7) is 8.24. The van der Waals surface area contributed by atoms with Gasteiger partial charge in [-0.3, -0.25) is 9.58 Å². The van der Waals surface area contributed by atoms with E-state index in [9.17, 15) is 0 Å². The van der Waals surface area contributed by atoms with E-state index in [1.165, 1.54) is 30.9 Å². The largest absolute Gasteiger partial charge is 0.381 e. The number of nitrogens with zero attached hydrogens (tertiary/aromatic N) is 5. The van der Waals surface area contributed by atoms with Crippen LogP contribution in [0.5, 0.6) is 0 Å². The molecule has 0 amide bonds. The third-order valence-electron chi connectivity index (χ3n) is 5.22. The summed E-state index contributed by atoms with van der Waals surface area (Å²) in [5, 5.41) is 4.30. The second-order valence-corrected chi connectivity index (χ2v) is 6.69. The number of rotatable bonds is 4. The maximum atomic E-state index is 5.48. The van der Waals surface area contributed by atoms with Crippen molar-refractivity contribution in [2.45, 2.75) is 38.9 Å². The van der Waals surface area contributed by atoms with Gasteiger partial charge in [-0.2, -0.15) is 5.10 Å². The van der Waals surface area contributed by atoms with Crippen LogP contribution in [0.2, 0.25) is 0 Å². The summed E-state index contributed by atoms with van der Waals surface area (Å²) in [7, 11) is 0. The number of ether oxygens (including phenoxy) is 1. The van der Waals surface area contributed by atoms with Crippen molar-refractivity contribution in [2.24, 2.45) is 5.92 Å². The molecular formula is C17H25N5O. The number of hydrogen-bond donors (Lipinski definition) is 0. The quantitative estimate of drug-likeness (QED) is 0.865. The Labute approximate surface area is 137 Å². The SMILES string of the molecule is C[C@H]1c2ncc(Cn3cccn3)n2CCN1CC1CCOCC1. The predicted molar refractivity (Wildman–Crippen MR) is 87.1 cm³/mol. The average Bonchev–Trinajstić information content (AvgIpc) is 3.22. The van der Waals surface area contributed by atoms with E-state index >= 15 is 0 Å². The highest BCUT2D eigenvalue weighted by Gasteiger charge is 2.29. The molecule has 1 atom stereocenters. The first-order valence-corrected chi connectivity index (χ1v) is 8.65. The van der Waals surface area contributed by atoms with Gasteiger partial charge in [-0.1, -0.05) is 0 Å². The smallest absolute Gasteiger partial charge is 0.126 e. The number of imidazole rings is 1. The summed E-state index contributed by atoms with van der Waals surface area (Å²) in [5.41, 5.74) is 1.25. The van der Waals surface area contributed by atoms with Gasteiger partial charge in [0.25, 0.3) is 0 Å². The van der Waals surface area contributed by atoms with E-state index in [-0.39, 0.29) is 0 Å². The van der Waals surface area contributed by atoms with E-state index in [4.69, 9.17) is 9.72 Å². The van der Waals surface area contributed by atoms with Gasteiger partial charge in [-0.05, 0) is 31.7 Å². The van der Waals surface area contributed by atoms with Gasteiger partial charge in [-0.15, -0.1) is 0 Å². The number of hydrogen-bond acceptors (Lipinski definition) is 4. The van der Waals surface area contributed by atoms with Gasteiger partial charge in [-0.25, -0.2) is 4.98 Å². The van der Waals surface area contributed by atoms with Crippen LogP contribution in [0, 0.1) is 5.92 Å². The van der Waals surface area contributed by atoms with Crippen molar-refractivity contribution in [2.75, 3.05) is 26.3 Å². The van der Waals surface area contributed by atoms with Gasteiger partial charge in [0, 0.05) is 45.2 Å². The molecule has 4 heterocycles. The zero-order chi connectivity index (χ0) is 15.6. The van der Waals surface area contributed by atoms with Crippen LogP contribution in [0.25, 0.3) is 0 Å². The molecule has 2 aliphatic rings. The Morgan fingerprint density at radius 3 is 2.91 bits per heavy atom. The lowest BCUT2D eigenvalue weighted by molar-refractivity contribution is 0.0409. The molecule has 0 spiro atoms. The third kappa shape index (κ3) is 3.05. The molecule has 6 nitrogen and oxygen atoms in total. The van der Waals surface area contributed by atoms with Crippen molar-refractivity contribution in [1.82, 2.24) is 24.2 Å². The van der Waals surface area contributed by atoms with Gasteiger partial charge in [0.05, 0.1) is 24.5 Å². The highest BCUT2D eigenvalue weighted by Crippen LogP contribution is 2.28. The first-order valence-electron chi connectivity index (χ1n) is 8.65. The van der Waals surface area contributed by atoms with E-state index in [1.54, 1.807) is 0 Å². The number of fused-ring (bicyclic) bond motifs is 1. The van der Waals surface area contributed by atoms with Crippen molar-refractivity contribution in [3.05, 3.63) is 36.2 Å². The molecule has 0 saturated carbocycles. The Hall–Kier alpha value is -1.66. The highest BCUT2D eigenvalue weighted by molar-refractivity contribution is 5.11. The maximum Gasteiger partial charge on any atom is 0.126 e. The molecule has 0 bridgehead atoms. The Bertz CT molecular complexity index is 629. The molecule has 0 radical (unpaired) electrons. The average molecular weight is 315 g/mol. The van der Waals surface area contributed by atoms with Crippen LogP contribution in [0.15, 0.2) is 24.7 Å². The summed E-state index contributed by atoms with van der Waals surface area (Å²) < 4.78 is 9.83. The fraction of sp³-hybridized carbons (Fsp3) is 0.647. The van der Waals surface area contributed by atoms with E-state index < -0.39 is 0 Å². The van der Waals surface area contributed by atoms with Crippen molar-refractivity contribution < 1.29 is 4.74 Å². The molecule has 6 heteroatoms. The molecule has 4 rings (SSSR count). The zero-order valence-electron chi connectivity index (χ0n) is 13.8. The second-order valence-electron chi connectivity index (χ2n) is 6.69. The van der Waals surface area contributed by atoms with Crippen LogP contribution in [-0.2, 0) is 17.8 Å². The minimum Gasteiger partial charge on any atom is -0.381 e. The summed E-state index contributed by atoms with van der Waals surface area (Å²) in [4.78, 5) is 7.31. The minimum absolute atomic E-state index is 0.387. The van der Waals surface area contributed by atoms with Crippen LogP contribution in [0.4, 0.5) is 0 Å². The highest BCUT2D eigenvalue weighted by atomic mass is 16.5. The van der Waals surface area contributed by atoms with E-state index in [0.717, 1.165) is 38.8 Å². The molecule has 0 unspecified atom stereocenters. The Balaban J connectivity index is 1.46. The first-order chi connectivity index (χ1) is 11.3. The predicted octanol–water partition coefficient (Wildman–Crippen LogP) is 1.93. The van der Waals surface area contributed by atoms with E-state index in [2.05, 4.69) is 21.5 Å². The van der Waals surface area contributed by atoms with Gasteiger partial charge in [0.2, 0.25) is 0 Å². The van der Waals surface area contributed by atoms with Crippen molar-refractivity contribution >= 4 is 0 Å². The lowest BCUT2D eigenvalue weighted by atomic mass is 9.98.